The van der Waals surface area contributed by atoms with Gasteiger partial charge in [-0.25, -0.2) is 14.8 Å². The lowest BCUT2D eigenvalue weighted by atomic mass is 10.2. The number of esters is 1. The second-order valence-electron chi connectivity index (χ2n) is 3.20. The molecule has 2 atom stereocenters. The van der Waals surface area contributed by atoms with Crippen LogP contribution in [0.15, 0.2) is 12.3 Å². The predicted octanol–water partition coefficient (Wildman–Crippen LogP) is -0.258. The van der Waals surface area contributed by atoms with Crippen molar-refractivity contribution < 1.29 is 19.7 Å². The number of nitrogens with zero attached hydrogens (tertiary/aromatic N) is 2. The summed E-state index contributed by atoms with van der Waals surface area (Å²) in [6, 6.07) is 1.65. The van der Waals surface area contributed by atoms with Crippen LogP contribution in [0.25, 0.3) is 0 Å². The van der Waals surface area contributed by atoms with Gasteiger partial charge in [0.2, 0.25) is 0 Å². The van der Waals surface area contributed by atoms with Crippen molar-refractivity contribution in [3.8, 4) is 0 Å². The molecule has 1 aromatic heterocycles. The van der Waals surface area contributed by atoms with Crippen molar-refractivity contribution in [2.24, 2.45) is 0 Å². The zero-order valence-corrected chi connectivity index (χ0v) is 9.12. The number of carbonyl (C=O) groups is 1. The largest absolute Gasteiger partial charge is 0.464 e. The van der Waals surface area contributed by atoms with Crippen LogP contribution in [0.3, 0.4) is 0 Å². The molecule has 16 heavy (non-hydrogen) atoms. The lowest BCUT2D eigenvalue weighted by Crippen LogP contribution is -2.31. The summed E-state index contributed by atoms with van der Waals surface area (Å²) in [5.41, 5.74) is 0.639. The molecule has 0 aromatic carbocycles. The van der Waals surface area contributed by atoms with E-state index >= 15 is 0 Å². The first kappa shape index (κ1) is 12.5. The van der Waals surface area contributed by atoms with Crippen LogP contribution in [0.4, 0.5) is 0 Å². The van der Waals surface area contributed by atoms with Crippen molar-refractivity contribution in [3.05, 3.63) is 23.8 Å². The molecule has 0 bridgehead atoms. The van der Waals surface area contributed by atoms with Crippen molar-refractivity contribution in [2.75, 3.05) is 6.61 Å². The van der Waals surface area contributed by atoms with Crippen molar-refractivity contribution in [3.63, 3.8) is 0 Å². The van der Waals surface area contributed by atoms with Crippen LogP contribution in [-0.4, -0.2) is 38.9 Å². The fraction of sp³-hybridized carbons (Fsp3) is 0.500. The van der Waals surface area contributed by atoms with E-state index in [9.17, 15) is 15.0 Å². The highest BCUT2D eigenvalue weighted by Crippen LogP contribution is 2.13. The Morgan fingerprint density at radius 2 is 2.25 bits per heavy atom. The number of aliphatic hydroxyl groups excluding tert-OH is 2. The molecular weight excluding hydrogens is 212 g/mol. The Hall–Kier alpha value is -1.53. The van der Waals surface area contributed by atoms with E-state index in [0.29, 0.717) is 5.69 Å². The second-order valence-corrected chi connectivity index (χ2v) is 3.20. The Bertz CT molecular complexity index is 370. The minimum absolute atomic E-state index is 0.000512. The molecule has 2 N–H and O–H groups in total. The zero-order chi connectivity index (χ0) is 12.1. The first-order valence-electron chi connectivity index (χ1n) is 4.88. The monoisotopic (exact) mass is 226 g/mol. The summed E-state index contributed by atoms with van der Waals surface area (Å²) < 4.78 is 4.57. The van der Waals surface area contributed by atoms with E-state index in [-0.39, 0.29) is 12.4 Å². The molecule has 0 aliphatic rings. The van der Waals surface area contributed by atoms with E-state index in [0.717, 1.165) is 0 Å². The van der Waals surface area contributed by atoms with Crippen LogP contribution in [-0.2, 0) is 9.53 Å². The molecule has 0 amide bonds. The molecule has 88 valence electrons. The minimum atomic E-state index is -1.67. The quantitative estimate of drug-likeness (QED) is 0.687. The van der Waals surface area contributed by atoms with Crippen molar-refractivity contribution >= 4 is 5.97 Å². The van der Waals surface area contributed by atoms with Crippen LogP contribution < -0.4 is 0 Å². The number of hydrogen-bond donors (Lipinski definition) is 2. The molecule has 2 unspecified atom stereocenters. The van der Waals surface area contributed by atoms with E-state index in [1.165, 1.54) is 6.20 Å². The van der Waals surface area contributed by atoms with Crippen LogP contribution in [0.1, 0.15) is 24.5 Å². The van der Waals surface area contributed by atoms with Crippen molar-refractivity contribution in [2.45, 2.75) is 26.1 Å². The van der Waals surface area contributed by atoms with Gasteiger partial charge in [-0.15, -0.1) is 0 Å². The molecule has 0 fully saturated rings. The molecule has 0 radical (unpaired) electrons. The molecule has 0 saturated heterocycles. The Morgan fingerprint density at radius 3 is 2.81 bits per heavy atom. The van der Waals surface area contributed by atoms with Gasteiger partial charge in [0, 0.05) is 11.9 Å². The molecule has 0 aliphatic heterocycles. The van der Waals surface area contributed by atoms with Crippen molar-refractivity contribution in [1.29, 1.82) is 0 Å². The molecule has 0 spiro atoms. The third kappa shape index (κ3) is 2.98. The maximum atomic E-state index is 11.2. The molecule has 6 heteroatoms. The number of rotatable bonds is 4. The van der Waals surface area contributed by atoms with Crippen LogP contribution in [0.2, 0.25) is 0 Å². The van der Waals surface area contributed by atoms with Gasteiger partial charge in [0.1, 0.15) is 0 Å². The Balaban J connectivity index is 2.77. The van der Waals surface area contributed by atoms with Crippen molar-refractivity contribution in [1.82, 2.24) is 9.97 Å². The van der Waals surface area contributed by atoms with Gasteiger partial charge in [-0.05, 0) is 19.9 Å². The second kappa shape index (κ2) is 5.53. The fourth-order valence-corrected chi connectivity index (χ4v) is 1.11. The number of carbonyl (C=O) groups excluding carboxylic acids is 1. The van der Waals surface area contributed by atoms with E-state index in [2.05, 4.69) is 14.7 Å². The standard InChI is InChI=1S/C10H14N2O4/c1-3-16-10(15)8(14)7(13)9-11-5-4-6(2)12-9/h4-5,7-8,13-14H,3H2,1-2H3. The van der Waals surface area contributed by atoms with Gasteiger partial charge in [0.05, 0.1) is 6.61 Å². The van der Waals surface area contributed by atoms with E-state index in [1.54, 1.807) is 19.9 Å². The highest BCUT2D eigenvalue weighted by molar-refractivity contribution is 5.75. The highest BCUT2D eigenvalue weighted by Gasteiger charge is 2.28. The van der Waals surface area contributed by atoms with Gasteiger partial charge in [-0.2, -0.15) is 0 Å². The molecule has 1 aromatic rings. The fourth-order valence-electron chi connectivity index (χ4n) is 1.11. The van der Waals surface area contributed by atoms with Gasteiger partial charge in [0.25, 0.3) is 0 Å². The molecule has 1 heterocycles. The number of aromatic nitrogens is 2. The third-order valence-electron chi connectivity index (χ3n) is 1.91. The van der Waals surface area contributed by atoms with Crippen LogP contribution in [0, 0.1) is 6.92 Å². The summed E-state index contributed by atoms with van der Waals surface area (Å²) in [4.78, 5) is 18.8. The maximum Gasteiger partial charge on any atom is 0.338 e. The number of ether oxygens (including phenoxy) is 1. The molecule has 0 aliphatic carbocycles. The highest BCUT2D eigenvalue weighted by atomic mass is 16.5. The topological polar surface area (TPSA) is 92.5 Å². The molecule has 1 rings (SSSR count). The van der Waals surface area contributed by atoms with Gasteiger partial charge in [-0.1, -0.05) is 0 Å². The Kier molecular flexibility index (Phi) is 4.33. The summed E-state index contributed by atoms with van der Waals surface area (Å²) in [6.45, 7) is 3.46. The number of hydrogen-bond acceptors (Lipinski definition) is 6. The SMILES string of the molecule is CCOC(=O)C(O)C(O)c1nccc(C)n1. The first-order valence-corrected chi connectivity index (χ1v) is 4.88. The summed E-state index contributed by atoms with van der Waals surface area (Å²) in [5, 5.41) is 19.1. The van der Waals surface area contributed by atoms with Gasteiger partial charge < -0.3 is 14.9 Å². The minimum Gasteiger partial charge on any atom is -0.464 e. The smallest absolute Gasteiger partial charge is 0.338 e. The van der Waals surface area contributed by atoms with Gasteiger partial charge >= 0.3 is 5.97 Å². The molecule has 0 saturated carbocycles. The zero-order valence-electron chi connectivity index (χ0n) is 9.12. The summed E-state index contributed by atoms with van der Waals surface area (Å²) >= 11 is 0. The van der Waals surface area contributed by atoms with Crippen LogP contribution in [0.5, 0.6) is 0 Å². The molecular formula is C10H14N2O4. The molecule has 6 nitrogen and oxygen atoms in total. The normalized spacial score (nSPS) is 14.2. The van der Waals surface area contributed by atoms with E-state index in [4.69, 9.17) is 0 Å². The predicted molar refractivity (Wildman–Crippen MR) is 54.4 cm³/mol. The summed E-state index contributed by atoms with van der Waals surface area (Å²) in [7, 11) is 0. The van der Waals surface area contributed by atoms with Crippen LogP contribution >= 0.6 is 0 Å². The first-order chi connectivity index (χ1) is 7.56. The maximum absolute atomic E-state index is 11.2. The summed E-state index contributed by atoms with van der Waals surface area (Å²) in [5.74, 6) is -0.888. The lowest BCUT2D eigenvalue weighted by molar-refractivity contribution is -0.159. The van der Waals surface area contributed by atoms with Gasteiger partial charge in [0.15, 0.2) is 18.0 Å². The Labute approximate surface area is 92.9 Å². The average molecular weight is 226 g/mol. The van der Waals surface area contributed by atoms with E-state index < -0.39 is 18.2 Å². The number of aliphatic hydroxyl groups is 2. The summed E-state index contributed by atoms with van der Waals surface area (Å²) in [6.07, 6.45) is -1.70. The van der Waals surface area contributed by atoms with Gasteiger partial charge in [-0.3, -0.25) is 0 Å². The Morgan fingerprint density at radius 1 is 1.56 bits per heavy atom. The lowest BCUT2D eigenvalue weighted by Gasteiger charge is -2.15. The van der Waals surface area contributed by atoms with E-state index in [1.807, 2.05) is 0 Å². The average Bonchev–Trinajstić information content (AvgIpc) is 2.27. The third-order valence-corrected chi connectivity index (χ3v) is 1.91. The number of aryl methyl sites for hydroxylation is 1.